The van der Waals surface area contributed by atoms with Crippen molar-refractivity contribution in [2.45, 2.75) is 6.92 Å². The van der Waals surface area contributed by atoms with Crippen molar-refractivity contribution in [2.75, 3.05) is 27.2 Å². The highest BCUT2D eigenvalue weighted by Crippen LogP contribution is 2.23. The molecule has 0 heterocycles. The SMILES string of the molecule is CCN(CC(=O)N(C)C)C(=O)c1cc([N+](=O)[O-])ccc1Br. The molecule has 0 aliphatic rings. The van der Waals surface area contributed by atoms with Gasteiger partial charge >= 0.3 is 0 Å². The van der Waals surface area contributed by atoms with Gasteiger partial charge in [0.15, 0.2) is 0 Å². The molecule has 1 rings (SSSR count). The van der Waals surface area contributed by atoms with Crippen molar-refractivity contribution in [3.8, 4) is 0 Å². The Hall–Kier alpha value is -1.96. The first-order valence-electron chi connectivity index (χ1n) is 6.21. The molecule has 0 saturated carbocycles. The number of carbonyl (C=O) groups excluding carboxylic acids is 2. The van der Waals surface area contributed by atoms with Gasteiger partial charge in [-0.3, -0.25) is 19.7 Å². The molecule has 1 aromatic carbocycles. The summed E-state index contributed by atoms with van der Waals surface area (Å²) in [5.74, 6) is -0.643. The van der Waals surface area contributed by atoms with Crippen LogP contribution in [0.3, 0.4) is 0 Å². The molecule has 8 heteroatoms. The molecule has 2 amide bonds. The lowest BCUT2D eigenvalue weighted by atomic mass is 10.1. The van der Waals surface area contributed by atoms with Gasteiger partial charge < -0.3 is 9.80 Å². The first-order valence-corrected chi connectivity index (χ1v) is 7.00. The fourth-order valence-corrected chi connectivity index (χ4v) is 2.01. The third-order valence-electron chi connectivity index (χ3n) is 2.89. The summed E-state index contributed by atoms with van der Waals surface area (Å²) in [6, 6.07) is 3.96. The van der Waals surface area contributed by atoms with Crippen molar-refractivity contribution >= 4 is 33.4 Å². The first kappa shape index (κ1) is 17.1. The number of hydrogen-bond donors (Lipinski definition) is 0. The second-order valence-corrected chi connectivity index (χ2v) is 5.38. The Kier molecular flexibility index (Phi) is 5.83. The molecule has 0 aromatic heterocycles. The summed E-state index contributed by atoms with van der Waals surface area (Å²) in [7, 11) is 3.20. The molecule has 0 radical (unpaired) electrons. The molecule has 0 N–H and O–H groups in total. The van der Waals surface area contributed by atoms with Gasteiger partial charge in [0.05, 0.1) is 17.0 Å². The number of carbonyl (C=O) groups is 2. The third-order valence-corrected chi connectivity index (χ3v) is 3.58. The van der Waals surface area contributed by atoms with Crippen molar-refractivity contribution in [3.63, 3.8) is 0 Å². The van der Waals surface area contributed by atoms with Crippen LogP contribution in [0.5, 0.6) is 0 Å². The van der Waals surface area contributed by atoms with Crippen molar-refractivity contribution in [1.82, 2.24) is 9.80 Å². The van der Waals surface area contributed by atoms with Gasteiger partial charge in [-0.05, 0) is 28.9 Å². The van der Waals surface area contributed by atoms with E-state index in [2.05, 4.69) is 15.9 Å². The maximum atomic E-state index is 12.4. The summed E-state index contributed by atoms with van der Waals surface area (Å²) in [6.45, 7) is 2.00. The third kappa shape index (κ3) is 4.25. The number of non-ortho nitro benzene ring substituents is 1. The Labute approximate surface area is 130 Å². The topological polar surface area (TPSA) is 83.8 Å². The van der Waals surface area contributed by atoms with E-state index in [0.29, 0.717) is 11.0 Å². The number of nitrogens with zero attached hydrogens (tertiary/aromatic N) is 3. The molecule has 0 aliphatic heterocycles. The van der Waals surface area contributed by atoms with E-state index in [4.69, 9.17) is 0 Å². The van der Waals surface area contributed by atoms with Gasteiger partial charge in [0.25, 0.3) is 11.6 Å². The maximum absolute atomic E-state index is 12.4. The molecule has 0 aliphatic carbocycles. The van der Waals surface area contributed by atoms with Gasteiger partial charge in [-0.25, -0.2) is 0 Å². The molecule has 0 spiro atoms. The first-order chi connectivity index (χ1) is 9.77. The second kappa shape index (κ2) is 7.16. The maximum Gasteiger partial charge on any atom is 0.270 e. The summed E-state index contributed by atoms with van der Waals surface area (Å²) >= 11 is 3.21. The van der Waals surface area contributed by atoms with Crippen LogP contribution in [0.25, 0.3) is 0 Å². The fraction of sp³-hybridized carbons (Fsp3) is 0.385. The van der Waals surface area contributed by atoms with Crippen LogP contribution in [0.4, 0.5) is 5.69 Å². The average molecular weight is 358 g/mol. The molecule has 0 saturated heterocycles. The van der Waals surface area contributed by atoms with Crippen LogP contribution in [0.2, 0.25) is 0 Å². The molecule has 0 atom stereocenters. The zero-order valence-corrected chi connectivity index (χ0v) is 13.6. The van der Waals surface area contributed by atoms with Gasteiger partial charge in [0, 0.05) is 37.2 Å². The van der Waals surface area contributed by atoms with Gasteiger partial charge in [-0.1, -0.05) is 0 Å². The largest absolute Gasteiger partial charge is 0.347 e. The monoisotopic (exact) mass is 357 g/mol. The van der Waals surface area contributed by atoms with E-state index < -0.39 is 10.8 Å². The Morgan fingerprint density at radius 1 is 1.33 bits per heavy atom. The Balaban J connectivity index is 3.07. The molecule has 114 valence electrons. The van der Waals surface area contributed by atoms with E-state index in [1.54, 1.807) is 21.0 Å². The van der Waals surface area contributed by atoms with Crippen molar-refractivity contribution in [2.24, 2.45) is 0 Å². The predicted molar refractivity (Wildman–Crippen MR) is 81.1 cm³/mol. The number of nitro benzene ring substituents is 1. The fourth-order valence-electron chi connectivity index (χ4n) is 1.59. The van der Waals surface area contributed by atoms with Crippen molar-refractivity contribution in [3.05, 3.63) is 38.3 Å². The summed E-state index contributed by atoms with van der Waals surface area (Å²) < 4.78 is 0.453. The Morgan fingerprint density at radius 2 is 1.95 bits per heavy atom. The summed E-state index contributed by atoms with van der Waals surface area (Å²) in [5, 5.41) is 10.8. The lowest BCUT2D eigenvalue weighted by Crippen LogP contribution is -2.40. The van der Waals surface area contributed by atoms with Crippen LogP contribution in [-0.2, 0) is 4.79 Å². The molecule has 21 heavy (non-hydrogen) atoms. The van der Waals surface area contributed by atoms with Crippen LogP contribution < -0.4 is 0 Å². The second-order valence-electron chi connectivity index (χ2n) is 4.53. The van der Waals surface area contributed by atoms with Gasteiger partial charge in [-0.15, -0.1) is 0 Å². The number of hydrogen-bond acceptors (Lipinski definition) is 4. The van der Waals surface area contributed by atoms with E-state index >= 15 is 0 Å². The van der Waals surface area contributed by atoms with E-state index in [1.165, 1.54) is 28.0 Å². The minimum Gasteiger partial charge on any atom is -0.347 e. The molecule has 0 unspecified atom stereocenters. The van der Waals surface area contributed by atoms with Crippen LogP contribution >= 0.6 is 15.9 Å². The number of benzene rings is 1. The highest BCUT2D eigenvalue weighted by atomic mass is 79.9. The van der Waals surface area contributed by atoms with Crippen LogP contribution in [0.1, 0.15) is 17.3 Å². The number of rotatable bonds is 5. The highest BCUT2D eigenvalue weighted by Gasteiger charge is 2.22. The zero-order valence-electron chi connectivity index (χ0n) is 12.0. The highest BCUT2D eigenvalue weighted by molar-refractivity contribution is 9.10. The van der Waals surface area contributed by atoms with Crippen LogP contribution in [-0.4, -0.2) is 53.7 Å². The lowest BCUT2D eigenvalue weighted by molar-refractivity contribution is -0.384. The molecular formula is C13H16BrN3O4. The number of halogens is 1. The average Bonchev–Trinajstić information content (AvgIpc) is 2.43. The Bertz CT molecular complexity index is 575. The smallest absolute Gasteiger partial charge is 0.270 e. The summed E-state index contributed by atoms with van der Waals surface area (Å²) in [5.41, 5.74) is -0.00542. The molecular weight excluding hydrogens is 342 g/mol. The molecule has 0 fully saturated rings. The molecule has 1 aromatic rings. The van der Waals surface area contributed by atoms with Gasteiger partial charge in [-0.2, -0.15) is 0 Å². The van der Waals surface area contributed by atoms with E-state index in [-0.39, 0.29) is 23.7 Å². The quantitative estimate of drug-likeness (QED) is 0.595. The standard InChI is InChI=1S/C13H16BrN3O4/c1-4-16(8-12(18)15(2)3)13(19)10-7-9(17(20)21)5-6-11(10)14/h5-7H,4,8H2,1-3H3. The molecule has 0 bridgehead atoms. The minimum absolute atomic E-state index is 0.0720. The molecule has 7 nitrogen and oxygen atoms in total. The number of amides is 2. The van der Waals surface area contributed by atoms with E-state index in [1.807, 2.05) is 0 Å². The summed E-state index contributed by atoms with van der Waals surface area (Å²) in [4.78, 5) is 37.1. The van der Waals surface area contributed by atoms with Crippen molar-refractivity contribution in [1.29, 1.82) is 0 Å². The van der Waals surface area contributed by atoms with Crippen LogP contribution in [0.15, 0.2) is 22.7 Å². The van der Waals surface area contributed by atoms with E-state index in [9.17, 15) is 19.7 Å². The minimum atomic E-state index is -0.565. The Morgan fingerprint density at radius 3 is 2.43 bits per heavy atom. The predicted octanol–water partition coefficient (Wildman–Crippen LogP) is 1.91. The van der Waals surface area contributed by atoms with E-state index in [0.717, 1.165) is 0 Å². The number of likely N-dealkylation sites (N-methyl/N-ethyl adjacent to an activating group) is 2. The normalized spacial score (nSPS) is 10.1. The summed E-state index contributed by atoms with van der Waals surface area (Å²) in [6.07, 6.45) is 0. The lowest BCUT2D eigenvalue weighted by Gasteiger charge is -2.22. The number of nitro groups is 1. The van der Waals surface area contributed by atoms with Crippen LogP contribution in [0, 0.1) is 10.1 Å². The van der Waals surface area contributed by atoms with Gasteiger partial charge in [0.2, 0.25) is 5.91 Å². The van der Waals surface area contributed by atoms with Crippen molar-refractivity contribution < 1.29 is 14.5 Å². The van der Waals surface area contributed by atoms with Gasteiger partial charge in [0.1, 0.15) is 0 Å². The zero-order chi connectivity index (χ0) is 16.2.